The van der Waals surface area contributed by atoms with Crippen LogP contribution in [0.4, 0.5) is 0 Å². The van der Waals surface area contributed by atoms with Crippen LogP contribution in [0.1, 0.15) is 30.7 Å². The molecule has 0 spiro atoms. The van der Waals surface area contributed by atoms with E-state index >= 15 is 0 Å². The minimum atomic E-state index is -0.00910. The van der Waals surface area contributed by atoms with Gasteiger partial charge in [0.05, 0.1) is 18.2 Å². The maximum atomic E-state index is 13.7. The van der Waals surface area contributed by atoms with Crippen molar-refractivity contribution in [3.05, 3.63) is 45.1 Å². The Bertz CT molecular complexity index is 1270. The zero-order valence-electron chi connectivity index (χ0n) is 16.6. The number of hydrogen-bond acceptors (Lipinski definition) is 6. The Morgan fingerprint density at radius 1 is 1.28 bits per heavy atom. The van der Waals surface area contributed by atoms with Gasteiger partial charge in [-0.15, -0.1) is 21.5 Å². The third-order valence-electron chi connectivity index (χ3n) is 5.53. The Hall–Kier alpha value is -2.32. The first kappa shape index (κ1) is 18.7. The second kappa shape index (κ2) is 7.18. The summed E-state index contributed by atoms with van der Waals surface area (Å²) in [5.41, 5.74) is 1.98. The number of benzene rings is 1. The molecule has 3 aromatic heterocycles. The van der Waals surface area contributed by atoms with Gasteiger partial charge in [0, 0.05) is 4.88 Å². The van der Waals surface area contributed by atoms with Crippen LogP contribution < -0.4 is 10.3 Å². The van der Waals surface area contributed by atoms with Crippen molar-refractivity contribution in [3.63, 3.8) is 0 Å². The molecule has 6 nitrogen and oxygen atoms in total. The van der Waals surface area contributed by atoms with Crippen molar-refractivity contribution in [2.75, 3.05) is 12.9 Å². The number of aromatic nitrogens is 4. The number of methoxy groups -OCH3 is 1. The number of rotatable bonds is 4. The summed E-state index contributed by atoms with van der Waals surface area (Å²) in [7, 11) is 1.64. The van der Waals surface area contributed by atoms with Crippen LogP contribution in [0.3, 0.4) is 0 Å². The van der Waals surface area contributed by atoms with Gasteiger partial charge in [0.2, 0.25) is 5.78 Å². The number of thiophene rings is 1. The molecular weight excluding hydrogens is 404 g/mol. The molecule has 150 valence electrons. The van der Waals surface area contributed by atoms with E-state index < -0.39 is 0 Å². The Morgan fingerprint density at radius 2 is 2.07 bits per heavy atom. The normalized spacial score (nSPS) is 16.4. The SMILES string of the molecule is CCSc1nnc2n(-c3ccc(OC)cc3)c(=O)c3c4c(sc3n12)C[C@@H](C)CC4. The summed E-state index contributed by atoms with van der Waals surface area (Å²) < 4.78 is 9.05. The maximum Gasteiger partial charge on any atom is 0.268 e. The number of thioether (sulfide) groups is 1. The predicted octanol–water partition coefficient (Wildman–Crippen LogP) is 4.34. The standard InChI is InChI=1S/C21H22N4O2S2/c1-4-28-21-23-22-20-24(13-6-8-14(27-3)9-7-13)18(26)17-15-10-5-12(2)11-16(15)29-19(17)25(20)21/h6-9,12H,4-5,10-11H2,1-3H3/t12-/m0/s1. The van der Waals surface area contributed by atoms with E-state index in [1.165, 1.54) is 10.4 Å². The second-order valence-electron chi connectivity index (χ2n) is 7.42. The smallest absolute Gasteiger partial charge is 0.268 e. The molecule has 29 heavy (non-hydrogen) atoms. The van der Waals surface area contributed by atoms with Gasteiger partial charge in [-0.05, 0) is 60.8 Å². The van der Waals surface area contributed by atoms with Gasteiger partial charge in [-0.2, -0.15) is 0 Å². The lowest BCUT2D eigenvalue weighted by Crippen LogP contribution is -2.22. The fraction of sp³-hybridized carbons (Fsp3) is 0.381. The molecule has 0 radical (unpaired) electrons. The molecule has 0 saturated heterocycles. The number of aryl methyl sites for hydroxylation is 1. The number of hydrogen-bond donors (Lipinski definition) is 0. The summed E-state index contributed by atoms with van der Waals surface area (Å²) in [5.74, 6) is 2.87. The van der Waals surface area contributed by atoms with Crippen LogP contribution in [0.25, 0.3) is 21.7 Å². The monoisotopic (exact) mass is 426 g/mol. The molecule has 0 unspecified atom stereocenters. The van der Waals surface area contributed by atoms with Gasteiger partial charge in [0.25, 0.3) is 5.56 Å². The molecule has 0 bridgehead atoms. The molecule has 5 rings (SSSR count). The molecule has 1 aliphatic carbocycles. The van der Waals surface area contributed by atoms with Gasteiger partial charge in [-0.25, -0.2) is 8.97 Å². The summed E-state index contributed by atoms with van der Waals surface area (Å²) in [4.78, 5) is 16.0. The largest absolute Gasteiger partial charge is 0.497 e. The van der Waals surface area contributed by atoms with Crippen LogP contribution in [0.2, 0.25) is 0 Å². The van der Waals surface area contributed by atoms with Crippen molar-refractivity contribution in [3.8, 4) is 11.4 Å². The Labute approximate surface area is 176 Å². The van der Waals surface area contributed by atoms with Crippen molar-refractivity contribution in [1.29, 1.82) is 0 Å². The summed E-state index contributed by atoms with van der Waals surface area (Å²) in [6, 6.07) is 7.53. The Morgan fingerprint density at radius 3 is 2.79 bits per heavy atom. The van der Waals surface area contributed by atoms with Gasteiger partial charge in [0.15, 0.2) is 5.16 Å². The average molecular weight is 427 g/mol. The van der Waals surface area contributed by atoms with Gasteiger partial charge < -0.3 is 4.74 Å². The minimum absolute atomic E-state index is 0.00910. The van der Waals surface area contributed by atoms with Crippen LogP contribution in [0, 0.1) is 5.92 Å². The van der Waals surface area contributed by atoms with E-state index in [2.05, 4.69) is 28.4 Å². The zero-order valence-corrected chi connectivity index (χ0v) is 18.3. The van der Waals surface area contributed by atoms with Gasteiger partial charge in [-0.1, -0.05) is 25.6 Å². The lowest BCUT2D eigenvalue weighted by atomic mass is 9.89. The van der Waals surface area contributed by atoms with E-state index in [1.807, 2.05) is 24.3 Å². The Balaban J connectivity index is 1.88. The van der Waals surface area contributed by atoms with Crippen molar-refractivity contribution < 1.29 is 4.74 Å². The summed E-state index contributed by atoms with van der Waals surface area (Å²) in [6.45, 7) is 4.39. The van der Waals surface area contributed by atoms with E-state index in [9.17, 15) is 4.79 Å². The quantitative estimate of drug-likeness (QED) is 0.454. The van der Waals surface area contributed by atoms with Crippen LogP contribution in [0.5, 0.6) is 5.75 Å². The lowest BCUT2D eigenvalue weighted by molar-refractivity contribution is 0.414. The molecular formula is C21H22N4O2S2. The van der Waals surface area contributed by atoms with Crippen LogP contribution >= 0.6 is 23.1 Å². The van der Waals surface area contributed by atoms with Crippen LogP contribution in [-0.4, -0.2) is 32.0 Å². The highest BCUT2D eigenvalue weighted by Gasteiger charge is 2.27. The highest BCUT2D eigenvalue weighted by molar-refractivity contribution is 7.99. The Kier molecular flexibility index (Phi) is 4.63. The van der Waals surface area contributed by atoms with E-state index in [-0.39, 0.29) is 5.56 Å². The van der Waals surface area contributed by atoms with Crippen LogP contribution in [-0.2, 0) is 12.8 Å². The van der Waals surface area contributed by atoms with E-state index in [0.717, 1.165) is 51.8 Å². The van der Waals surface area contributed by atoms with Crippen molar-refractivity contribution in [2.45, 2.75) is 38.3 Å². The van der Waals surface area contributed by atoms with Gasteiger partial charge >= 0.3 is 0 Å². The number of fused-ring (bicyclic) bond motifs is 5. The third-order valence-corrected chi connectivity index (χ3v) is 7.58. The molecule has 0 N–H and O–H groups in total. The van der Waals surface area contributed by atoms with Gasteiger partial charge in [-0.3, -0.25) is 4.79 Å². The van der Waals surface area contributed by atoms with Crippen molar-refractivity contribution in [1.82, 2.24) is 19.2 Å². The second-order valence-corrected chi connectivity index (χ2v) is 9.74. The van der Waals surface area contributed by atoms with E-state index in [0.29, 0.717) is 11.7 Å². The first-order chi connectivity index (χ1) is 14.1. The van der Waals surface area contributed by atoms with E-state index in [4.69, 9.17) is 4.74 Å². The highest BCUT2D eigenvalue weighted by atomic mass is 32.2. The molecule has 1 aliphatic rings. The zero-order chi connectivity index (χ0) is 20.1. The maximum absolute atomic E-state index is 13.7. The molecule has 0 aliphatic heterocycles. The molecule has 3 heterocycles. The fourth-order valence-electron chi connectivity index (χ4n) is 4.09. The number of ether oxygens (including phenoxy) is 1. The van der Waals surface area contributed by atoms with Gasteiger partial charge in [0.1, 0.15) is 10.6 Å². The molecule has 0 saturated carbocycles. The van der Waals surface area contributed by atoms with Crippen molar-refractivity contribution >= 4 is 39.1 Å². The summed E-state index contributed by atoms with van der Waals surface area (Å²) >= 11 is 3.39. The highest BCUT2D eigenvalue weighted by Crippen LogP contribution is 2.38. The van der Waals surface area contributed by atoms with E-state index in [1.54, 1.807) is 34.8 Å². The third kappa shape index (κ3) is 2.88. The summed E-state index contributed by atoms with van der Waals surface area (Å²) in [5, 5.41) is 10.5. The molecule has 0 amide bonds. The lowest BCUT2D eigenvalue weighted by Gasteiger charge is -2.17. The first-order valence-corrected chi connectivity index (χ1v) is 11.6. The average Bonchev–Trinajstić information content (AvgIpc) is 3.30. The topological polar surface area (TPSA) is 61.4 Å². The first-order valence-electron chi connectivity index (χ1n) is 9.84. The molecule has 0 fully saturated rings. The minimum Gasteiger partial charge on any atom is -0.497 e. The molecule has 1 aromatic carbocycles. The summed E-state index contributed by atoms with van der Waals surface area (Å²) in [6.07, 6.45) is 3.12. The fourth-order valence-corrected chi connectivity index (χ4v) is 6.31. The molecule has 4 aromatic rings. The number of nitrogens with zero attached hydrogens (tertiary/aromatic N) is 4. The van der Waals surface area contributed by atoms with Crippen LogP contribution in [0.15, 0.2) is 34.2 Å². The molecule has 8 heteroatoms. The predicted molar refractivity (Wildman–Crippen MR) is 118 cm³/mol. The van der Waals surface area contributed by atoms with Crippen molar-refractivity contribution in [2.24, 2.45) is 5.92 Å². The molecule has 1 atom stereocenters.